The Hall–Kier alpha value is -4.30. The molecule has 0 aromatic heterocycles. The zero-order valence-corrected chi connectivity index (χ0v) is 35.3. The molecule has 2 rings (SSSR count). The fraction of sp³-hybridized carbons (Fsp3) is 0.400. The van der Waals surface area contributed by atoms with E-state index in [1.54, 1.807) is 0 Å². The molecule has 0 radical (unpaired) electrons. The highest BCUT2D eigenvalue weighted by Crippen LogP contribution is 2.41. The normalized spacial score (nSPS) is 15.2. The molecule has 0 fully saturated rings. The van der Waals surface area contributed by atoms with Crippen LogP contribution in [0.2, 0.25) is 0 Å². The molecular formula is C50H68O2. The van der Waals surface area contributed by atoms with Crippen molar-refractivity contribution in [3.8, 4) is 11.5 Å². The Labute approximate surface area is 318 Å². The summed E-state index contributed by atoms with van der Waals surface area (Å²) in [6.45, 7) is 34.1. The average molecular weight is 701 g/mol. The molecule has 52 heavy (non-hydrogen) atoms. The summed E-state index contributed by atoms with van der Waals surface area (Å²) in [6.07, 6.45) is 29.5. The summed E-state index contributed by atoms with van der Waals surface area (Å²) >= 11 is 0. The van der Waals surface area contributed by atoms with Crippen LogP contribution in [0.3, 0.4) is 0 Å². The van der Waals surface area contributed by atoms with Gasteiger partial charge >= 0.3 is 0 Å². The number of rotatable bonds is 10. The Morgan fingerprint density at radius 1 is 0.385 bits per heavy atom. The van der Waals surface area contributed by atoms with Gasteiger partial charge in [-0.05, 0) is 84.7 Å². The first-order valence-electron chi connectivity index (χ1n) is 18.6. The molecule has 0 amide bonds. The van der Waals surface area contributed by atoms with Crippen LogP contribution < -0.4 is 0 Å². The van der Waals surface area contributed by atoms with E-state index in [2.05, 4.69) is 220 Å². The highest BCUT2D eigenvalue weighted by Gasteiger charge is 2.27. The minimum atomic E-state index is -0.148. The van der Waals surface area contributed by atoms with Crippen molar-refractivity contribution in [2.24, 2.45) is 0 Å². The maximum Gasteiger partial charge on any atom is 0.123 e. The van der Waals surface area contributed by atoms with Gasteiger partial charge in [0, 0.05) is 22.3 Å². The van der Waals surface area contributed by atoms with Gasteiger partial charge in [0.05, 0.1) is 0 Å². The molecule has 2 heteroatoms. The molecule has 2 N–H and O–H groups in total. The molecule has 2 aromatic carbocycles. The SMILES string of the molecule is CC(/C=C/C=C(C)/C=C/c1cc(C(C)(C)C)c(O)c(C(C)(C)C)c1)=C\C=C\C=C(C)\C=C\C=C(C)\C=C\c1cc(C(C)(C)C)c(O)c(C(C)(C)C)c1. The van der Waals surface area contributed by atoms with Crippen molar-refractivity contribution >= 4 is 12.2 Å². The molecule has 0 spiro atoms. The standard InChI is InChI=1S/C50H68O2/c1-35(23-19-25-37(3)27-29-39-31-41(47(5,6)7)45(51)42(32-39)48(8,9)10)21-17-18-22-36(2)24-20-26-38(4)28-30-40-33-43(49(11,12)13)46(52)44(34-40)50(14,15)16/h17-34,51-52H,1-16H3/b18-17+,23-19+,24-20+,29-27+,30-28+,35-21+,36-22+,37-25+,38-26+. The molecular weight excluding hydrogens is 633 g/mol. The van der Waals surface area contributed by atoms with Gasteiger partial charge in [0.1, 0.15) is 11.5 Å². The minimum absolute atomic E-state index is 0.148. The van der Waals surface area contributed by atoms with E-state index < -0.39 is 0 Å². The molecule has 0 saturated heterocycles. The fourth-order valence-corrected chi connectivity index (χ4v) is 5.59. The van der Waals surface area contributed by atoms with Gasteiger partial charge in [-0.15, -0.1) is 0 Å². The van der Waals surface area contributed by atoms with Gasteiger partial charge in [0.15, 0.2) is 0 Å². The largest absolute Gasteiger partial charge is 0.507 e. The summed E-state index contributed by atoms with van der Waals surface area (Å²) in [5.41, 5.74) is 10.1. The maximum absolute atomic E-state index is 11.0. The van der Waals surface area contributed by atoms with Crippen LogP contribution in [-0.4, -0.2) is 10.2 Å². The number of aromatic hydroxyl groups is 2. The van der Waals surface area contributed by atoms with Gasteiger partial charge in [-0.3, -0.25) is 0 Å². The second-order valence-electron chi connectivity index (χ2n) is 18.3. The molecule has 0 saturated carbocycles. The second kappa shape index (κ2) is 18.0. The van der Waals surface area contributed by atoms with Crippen LogP contribution in [0.4, 0.5) is 0 Å². The summed E-state index contributed by atoms with van der Waals surface area (Å²) in [7, 11) is 0. The summed E-state index contributed by atoms with van der Waals surface area (Å²) in [5.74, 6) is 0.823. The zero-order valence-electron chi connectivity index (χ0n) is 35.3. The highest BCUT2D eigenvalue weighted by atomic mass is 16.3. The van der Waals surface area contributed by atoms with Gasteiger partial charge in [-0.25, -0.2) is 0 Å². The number of allylic oxidation sites excluding steroid dienone is 16. The van der Waals surface area contributed by atoms with Crippen molar-refractivity contribution in [2.45, 2.75) is 132 Å². The van der Waals surface area contributed by atoms with Crippen LogP contribution in [0.15, 0.2) is 119 Å². The van der Waals surface area contributed by atoms with Crippen LogP contribution in [-0.2, 0) is 21.7 Å². The van der Waals surface area contributed by atoms with Gasteiger partial charge in [0.25, 0.3) is 0 Å². The summed E-state index contributed by atoms with van der Waals surface area (Å²) in [4.78, 5) is 0. The third-order valence-corrected chi connectivity index (χ3v) is 8.84. The van der Waals surface area contributed by atoms with Crippen molar-refractivity contribution in [3.63, 3.8) is 0 Å². The number of benzene rings is 2. The maximum atomic E-state index is 11.0. The van der Waals surface area contributed by atoms with E-state index in [0.29, 0.717) is 11.5 Å². The Morgan fingerprint density at radius 2 is 0.615 bits per heavy atom. The quantitative estimate of drug-likeness (QED) is 0.242. The van der Waals surface area contributed by atoms with Crippen LogP contribution in [0.25, 0.3) is 12.2 Å². The Balaban J connectivity index is 2.06. The van der Waals surface area contributed by atoms with E-state index in [9.17, 15) is 10.2 Å². The second-order valence-corrected chi connectivity index (χ2v) is 18.3. The average Bonchev–Trinajstić information content (AvgIpc) is 2.99. The van der Waals surface area contributed by atoms with E-state index in [-0.39, 0.29) is 21.7 Å². The molecule has 0 unspecified atom stereocenters. The predicted molar refractivity (Wildman–Crippen MR) is 232 cm³/mol. The van der Waals surface area contributed by atoms with Crippen molar-refractivity contribution in [1.29, 1.82) is 0 Å². The summed E-state index contributed by atoms with van der Waals surface area (Å²) < 4.78 is 0. The van der Waals surface area contributed by atoms with E-state index in [0.717, 1.165) is 55.7 Å². The summed E-state index contributed by atoms with van der Waals surface area (Å²) in [6, 6.07) is 8.43. The number of hydrogen-bond acceptors (Lipinski definition) is 2. The molecule has 280 valence electrons. The Morgan fingerprint density at radius 3 is 0.865 bits per heavy atom. The third kappa shape index (κ3) is 14.0. The molecule has 2 nitrogen and oxygen atoms in total. The van der Waals surface area contributed by atoms with Crippen molar-refractivity contribution in [1.82, 2.24) is 0 Å². The molecule has 0 aliphatic rings. The lowest BCUT2D eigenvalue weighted by Gasteiger charge is -2.28. The Kier molecular flexibility index (Phi) is 15.1. The fourth-order valence-electron chi connectivity index (χ4n) is 5.59. The van der Waals surface area contributed by atoms with E-state index in [1.807, 2.05) is 0 Å². The van der Waals surface area contributed by atoms with Gasteiger partial charge in [-0.2, -0.15) is 0 Å². The van der Waals surface area contributed by atoms with Crippen molar-refractivity contribution in [3.05, 3.63) is 153 Å². The molecule has 2 aromatic rings. The lowest BCUT2D eigenvalue weighted by atomic mass is 9.78. The molecule has 0 atom stereocenters. The molecule has 0 aliphatic carbocycles. The molecule has 0 aliphatic heterocycles. The molecule has 0 heterocycles. The van der Waals surface area contributed by atoms with Crippen molar-refractivity contribution in [2.75, 3.05) is 0 Å². The van der Waals surface area contributed by atoms with Crippen LogP contribution in [0.5, 0.6) is 11.5 Å². The number of phenolic OH excluding ortho intramolecular Hbond substituents is 2. The lowest BCUT2D eigenvalue weighted by Crippen LogP contribution is -2.17. The Bertz CT molecular complexity index is 1620. The third-order valence-electron chi connectivity index (χ3n) is 8.84. The molecule has 0 bridgehead atoms. The smallest absolute Gasteiger partial charge is 0.123 e. The predicted octanol–water partition coefficient (Wildman–Crippen LogP) is 14.5. The monoisotopic (exact) mass is 701 g/mol. The van der Waals surface area contributed by atoms with E-state index in [1.165, 1.54) is 0 Å². The van der Waals surface area contributed by atoms with Gasteiger partial charge in [-0.1, -0.05) is 190 Å². The first kappa shape index (κ1) is 43.9. The summed E-state index contributed by atoms with van der Waals surface area (Å²) in [5, 5.41) is 22.0. The first-order chi connectivity index (χ1) is 23.8. The van der Waals surface area contributed by atoms with Gasteiger partial charge < -0.3 is 10.2 Å². The van der Waals surface area contributed by atoms with E-state index in [4.69, 9.17) is 0 Å². The van der Waals surface area contributed by atoms with Crippen molar-refractivity contribution < 1.29 is 10.2 Å². The first-order valence-corrected chi connectivity index (χ1v) is 18.6. The number of hydrogen-bond donors (Lipinski definition) is 2. The van der Waals surface area contributed by atoms with Gasteiger partial charge in [0.2, 0.25) is 0 Å². The topological polar surface area (TPSA) is 40.5 Å². The van der Waals surface area contributed by atoms with E-state index >= 15 is 0 Å². The lowest BCUT2D eigenvalue weighted by molar-refractivity contribution is 0.422. The van der Waals surface area contributed by atoms with Crippen LogP contribution in [0.1, 0.15) is 144 Å². The van der Waals surface area contributed by atoms with Crippen LogP contribution >= 0.6 is 0 Å². The minimum Gasteiger partial charge on any atom is -0.507 e. The highest BCUT2D eigenvalue weighted by molar-refractivity contribution is 5.62. The van der Waals surface area contributed by atoms with Crippen LogP contribution in [0, 0.1) is 0 Å². The number of phenols is 2. The zero-order chi connectivity index (χ0) is 39.7.